The molecule has 1 aliphatic heterocycles. The molecule has 4 nitrogen and oxygen atoms in total. The standard InChI is InChI=1S/C15H20F3N3O/c16-15(17,18)11-22-13-6-4-5-12(9-13)10-20-14(19)21-7-2-1-3-8-21/h4-6,9H,1-3,7-8,10-11H2,(H2,19,20). The van der Waals surface area contributed by atoms with Crippen molar-refractivity contribution in [3.63, 3.8) is 0 Å². The molecule has 0 amide bonds. The number of rotatable bonds is 4. The minimum absolute atomic E-state index is 0.182. The molecular formula is C15H20F3N3O. The van der Waals surface area contributed by atoms with Gasteiger partial charge in [-0.2, -0.15) is 13.2 Å². The van der Waals surface area contributed by atoms with Gasteiger partial charge in [0.1, 0.15) is 5.75 Å². The van der Waals surface area contributed by atoms with E-state index < -0.39 is 12.8 Å². The molecule has 0 saturated carbocycles. The Kier molecular flexibility index (Phi) is 5.51. The van der Waals surface area contributed by atoms with Gasteiger partial charge in [0, 0.05) is 13.1 Å². The van der Waals surface area contributed by atoms with E-state index in [1.165, 1.54) is 12.5 Å². The molecule has 2 N–H and O–H groups in total. The first-order valence-corrected chi connectivity index (χ1v) is 7.27. The van der Waals surface area contributed by atoms with E-state index >= 15 is 0 Å². The zero-order valence-electron chi connectivity index (χ0n) is 12.3. The summed E-state index contributed by atoms with van der Waals surface area (Å²) >= 11 is 0. The Hall–Kier alpha value is -1.92. The summed E-state index contributed by atoms with van der Waals surface area (Å²) < 4.78 is 41.1. The molecule has 1 aromatic carbocycles. The Balaban J connectivity index is 1.92. The number of nitrogens with two attached hydrogens (primary N) is 1. The number of alkyl halides is 3. The summed E-state index contributed by atoms with van der Waals surface area (Å²) in [6.45, 7) is 0.843. The minimum atomic E-state index is -4.34. The van der Waals surface area contributed by atoms with Crippen molar-refractivity contribution in [1.29, 1.82) is 0 Å². The minimum Gasteiger partial charge on any atom is -0.484 e. The second-order valence-corrected chi connectivity index (χ2v) is 5.27. The third-order valence-electron chi connectivity index (χ3n) is 3.40. The Morgan fingerprint density at radius 1 is 1.23 bits per heavy atom. The molecule has 0 bridgehead atoms. The van der Waals surface area contributed by atoms with Crippen LogP contribution < -0.4 is 10.5 Å². The number of piperidine rings is 1. The molecule has 1 heterocycles. The average Bonchev–Trinajstić information content (AvgIpc) is 2.51. The summed E-state index contributed by atoms with van der Waals surface area (Å²) in [6.07, 6.45) is -0.913. The van der Waals surface area contributed by atoms with Gasteiger partial charge in [-0.3, -0.25) is 0 Å². The van der Waals surface area contributed by atoms with E-state index in [-0.39, 0.29) is 5.75 Å². The van der Waals surface area contributed by atoms with Crippen LogP contribution >= 0.6 is 0 Å². The molecule has 1 aromatic rings. The molecule has 22 heavy (non-hydrogen) atoms. The van der Waals surface area contributed by atoms with Gasteiger partial charge >= 0.3 is 6.18 Å². The van der Waals surface area contributed by atoms with Crippen molar-refractivity contribution in [2.24, 2.45) is 10.7 Å². The van der Waals surface area contributed by atoms with Gasteiger partial charge in [0.2, 0.25) is 0 Å². The van der Waals surface area contributed by atoms with Crippen LogP contribution in [0.2, 0.25) is 0 Å². The van der Waals surface area contributed by atoms with Gasteiger partial charge < -0.3 is 15.4 Å². The maximum atomic E-state index is 12.1. The van der Waals surface area contributed by atoms with E-state index in [1.807, 2.05) is 4.90 Å². The highest BCUT2D eigenvalue weighted by molar-refractivity contribution is 5.78. The first-order chi connectivity index (χ1) is 10.4. The number of benzene rings is 1. The van der Waals surface area contributed by atoms with Crippen molar-refractivity contribution in [2.75, 3.05) is 19.7 Å². The van der Waals surface area contributed by atoms with Crippen molar-refractivity contribution < 1.29 is 17.9 Å². The summed E-state index contributed by atoms with van der Waals surface area (Å²) in [5.41, 5.74) is 6.71. The van der Waals surface area contributed by atoms with Gasteiger partial charge in [0.15, 0.2) is 12.6 Å². The Morgan fingerprint density at radius 3 is 2.64 bits per heavy atom. The summed E-state index contributed by atoms with van der Waals surface area (Å²) in [5, 5.41) is 0. The van der Waals surface area contributed by atoms with E-state index in [9.17, 15) is 13.2 Å². The number of ether oxygens (including phenoxy) is 1. The fourth-order valence-corrected chi connectivity index (χ4v) is 2.29. The second-order valence-electron chi connectivity index (χ2n) is 5.27. The number of nitrogens with zero attached hydrogens (tertiary/aromatic N) is 2. The van der Waals surface area contributed by atoms with Crippen LogP contribution in [0.5, 0.6) is 5.75 Å². The third kappa shape index (κ3) is 5.46. The van der Waals surface area contributed by atoms with Gasteiger partial charge in [-0.25, -0.2) is 4.99 Å². The molecule has 2 rings (SSSR count). The van der Waals surface area contributed by atoms with Crippen LogP contribution in [0.1, 0.15) is 24.8 Å². The van der Waals surface area contributed by atoms with E-state index in [0.717, 1.165) is 31.5 Å². The van der Waals surface area contributed by atoms with E-state index in [2.05, 4.69) is 4.99 Å². The number of aliphatic imine (C=N–C) groups is 1. The largest absolute Gasteiger partial charge is 0.484 e. The number of guanidine groups is 1. The van der Waals surface area contributed by atoms with E-state index in [1.54, 1.807) is 18.2 Å². The predicted molar refractivity (Wildman–Crippen MR) is 78.7 cm³/mol. The summed E-state index contributed by atoms with van der Waals surface area (Å²) in [7, 11) is 0. The Bertz CT molecular complexity index is 511. The average molecular weight is 315 g/mol. The highest BCUT2D eigenvalue weighted by atomic mass is 19.4. The van der Waals surface area contributed by atoms with Crippen LogP contribution in [0.25, 0.3) is 0 Å². The number of hydrogen-bond acceptors (Lipinski definition) is 2. The summed E-state index contributed by atoms with van der Waals surface area (Å²) in [6, 6.07) is 6.48. The zero-order valence-corrected chi connectivity index (χ0v) is 12.3. The highest BCUT2D eigenvalue weighted by Crippen LogP contribution is 2.19. The first kappa shape index (κ1) is 16.5. The van der Waals surface area contributed by atoms with Gasteiger partial charge in [-0.1, -0.05) is 12.1 Å². The number of likely N-dealkylation sites (tertiary alicyclic amines) is 1. The van der Waals surface area contributed by atoms with Gasteiger partial charge in [0.05, 0.1) is 6.54 Å². The van der Waals surface area contributed by atoms with Crippen molar-refractivity contribution in [3.8, 4) is 5.75 Å². The molecule has 1 saturated heterocycles. The monoisotopic (exact) mass is 315 g/mol. The van der Waals surface area contributed by atoms with Gasteiger partial charge in [-0.15, -0.1) is 0 Å². The van der Waals surface area contributed by atoms with Crippen LogP contribution in [0, 0.1) is 0 Å². The molecule has 7 heteroatoms. The molecule has 0 unspecified atom stereocenters. The molecule has 0 radical (unpaired) electrons. The second kappa shape index (κ2) is 7.38. The van der Waals surface area contributed by atoms with Crippen molar-refractivity contribution in [1.82, 2.24) is 4.90 Å². The molecule has 1 fully saturated rings. The Labute approximate surface area is 127 Å². The highest BCUT2D eigenvalue weighted by Gasteiger charge is 2.28. The quantitative estimate of drug-likeness (QED) is 0.686. The van der Waals surface area contributed by atoms with Crippen LogP contribution in [-0.4, -0.2) is 36.7 Å². The molecule has 122 valence electrons. The molecule has 0 atom stereocenters. The maximum Gasteiger partial charge on any atom is 0.422 e. The molecule has 0 spiro atoms. The number of halogens is 3. The lowest BCUT2D eigenvalue weighted by Crippen LogP contribution is -2.40. The van der Waals surface area contributed by atoms with E-state index in [4.69, 9.17) is 10.5 Å². The molecular weight excluding hydrogens is 295 g/mol. The normalized spacial score (nSPS) is 16.7. The lowest BCUT2D eigenvalue weighted by Gasteiger charge is -2.27. The zero-order chi connectivity index (χ0) is 16.0. The summed E-state index contributed by atoms with van der Waals surface area (Å²) in [4.78, 5) is 6.35. The first-order valence-electron chi connectivity index (χ1n) is 7.27. The fraction of sp³-hybridized carbons (Fsp3) is 0.533. The molecule has 0 aliphatic carbocycles. The predicted octanol–water partition coefficient (Wildman–Crippen LogP) is 2.93. The summed E-state index contributed by atoms with van der Waals surface area (Å²) in [5.74, 6) is 0.669. The topological polar surface area (TPSA) is 50.9 Å². The Morgan fingerprint density at radius 2 is 1.95 bits per heavy atom. The lowest BCUT2D eigenvalue weighted by atomic mass is 10.1. The van der Waals surface area contributed by atoms with Crippen LogP contribution in [0.15, 0.2) is 29.3 Å². The smallest absolute Gasteiger partial charge is 0.422 e. The molecule has 0 aromatic heterocycles. The van der Waals surface area contributed by atoms with Crippen molar-refractivity contribution in [3.05, 3.63) is 29.8 Å². The lowest BCUT2D eigenvalue weighted by molar-refractivity contribution is -0.153. The third-order valence-corrected chi connectivity index (χ3v) is 3.40. The van der Waals surface area contributed by atoms with Crippen LogP contribution in [0.4, 0.5) is 13.2 Å². The van der Waals surface area contributed by atoms with E-state index in [0.29, 0.717) is 12.5 Å². The van der Waals surface area contributed by atoms with Crippen molar-refractivity contribution >= 4 is 5.96 Å². The SMILES string of the molecule is NC(=NCc1cccc(OCC(F)(F)F)c1)N1CCCCC1. The maximum absolute atomic E-state index is 12.1. The fourth-order valence-electron chi connectivity index (χ4n) is 2.29. The number of hydrogen-bond donors (Lipinski definition) is 1. The van der Waals surface area contributed by atoms with Crippen molar-refractivity contribution in [2.45, 2.75) is 32.0 Å². The van der Waals surface area contributed by atoms with Gasteiger partial charge in [0.25, 0.3) is 0 Å². The van der Waals surface area contributed by atoms with Gasteiger partial charge in [-0.05, 0) is 37.0 Å². The van der Waals surface area contributed by atoms with Crippen LogP contribution in [0.3, 0.4) is 0 Å². The van der Waals surface area contributed by atoms with Crippen LogP contribution in [-0.2, 0) is 6.54 Å². The molecule has 1 aliphatic rings.